The SMILES string of the molecule is Cc1cc(NC2CCCCCCC2)c([N+](=O)[O-])cc1C. The summed E-state index contributed by atoms with van der Waals surface area (Å²) in [5, 5.41) is 14.6. The highest BCUT2D eigenvalue weighted by atomic mass is 16.6. The van der Waals surface area contributed by atoms with E-state index >= 15 is 0 Å². The molecule has 0 aliphatic heterocycles. The van der Waals surface area contributed by atoms with Crippen molar-refractivity contribution in [1.29, 1.82) is 0 Å². The van der Waals surface area contributed by atoms with Crippen molar-refractivity contribution in [2.45, 2.75) is 64.8 Å². The van der Waals surface area contributed by atoms with Gasteiger partial charge in [0.25, 0.3) is 5.69 Å². The summed E-state index contributed by atoms with van der Waals surface area (Å²) in [7, 11) is 0. The topological polar surface area (TPSA) is 55.2 Å². The lowest BCUT2D eigenvalue weighted by Crippen LogP contribution is -2.21. The third-order valence-electron chi connectivity index (χ3n) is 4.27. The molecule has 0 atom stereocenters. The molecule has 1 aliphatic rings. The Kier molecular flexibility index (Phi) is 4.99. The Hall–Kier alpha value is -1.58. The summed E-state index contributed by atoms with van der Waals surface area (Å²) >= 11 is 0. The van der Waals surface area contributed by atoms with E-state index in [2.05, 4.69) is 5.32 Å². The summed E-state index contributed by atoms with van der Waals surface area (Å²) < 4.78 is 0. The number of rotatable bonds is 3. The van der Waals surface area contributed by atoms with Gasteiger partial charge in [0, 0.05) is 12.1 Å². The Morgan fingerprint density at radius 3 is 2.20 bits per heavy atom. The third kappa shape index (κ3) is 3.71. The maximum absolute atomic E-state index is 11.2. The molecule has 1 aliphatic carbocycles. The van der Waals surface area contributed by atoms with Crippen LogP contribution in [-0.2, 0) is 0 Å². The van der Waals surface area contributed by atoms with Gasteiger partial charge in [0.15, 0.2) is 0 Å². The Balaban J connectivity index is 2.18. The fourth-order valence-electron chi connectivity index (χ4n) is 2.89. The average Bonchev–Trinajstić information content (AvgIpc) is 2.36. The highest BCUT2D eigenvalue weighted by Gasteiger charge is 2.19. The van der Waals surface area contributed by atoms with Gasteiger partial charge in [-0.1, -0.05) is 32.1 Å². The van der Waals surface area contributed by atoms with Crippen LogP contribution in [0.4, 0.5) is 11.4 Å². The fourth-order valence-corrected chi connectivity index (χ4v) is 2.89. The van der Waals surface area contributed by atoms with Gasteiger partial charge in [0.1, 0.15) is 5.69 Å². The molecule has 20 heavy (non-hydrogen) atoms. The van der Waals surface area contributed by atoms with Gasteiger partial charge in [-0.15, -0.1) is 0 Å². The summed E-state index contributed by atoms with van der Waals surface area (Å²) in [6, 6.07) is 3.98. The first-order valence-electron chi connectivity index (χ1n) is 7.60. The van der Waals surface area contributed by atoms with E-state index in [1.54, 1.807) is 6.07 Å². The van der Waals surface area contributed by atoms with Crippen LogP contribution < -0.4 is 5.32 Å². The summed E-state index contributed by atoms with van der Waals surface area (Å²) in [4.78, 5) is 10.9. The van der Waals surface area contributed by atoms with E-state index in [0.29, 0.717) is 11.7 Å². The van der Waals surface area contributed by atoms with Gasteiger partial charge < -0.3 is 5.32 Å². The van der Waals surface area contributed by atoms with E-state index in [-0.39, 0.29) is 10.6 Å². The zero-order valence-electron chi connectivity index (χ0n) is 12.4. The minimum absolute atomic E-state index is 0.204. The van der Waals surface area contributed by atoms with Gasteiger partial charge in [0.05, 0.1) is 4.92 Å². The predicted octanol–water partition coefficient (Wildman–Crippen LogP) is 4.74. The second-order valence-corrected chi connectivity index (χ2v) is 5.90. The molecular formula is C16H24N2O2. The molecule has 1 fully saturated rings. The van der Waals surface area contributed by atoms with Crippen LogP contribution >= 0.6 is 0 Å². The van der Waals surface area contributed by atoms with Gasteiger partial charge in [-0.05, 0) is 43.9 Å². The lowest BCUT2D eigenvalue weighted by atomic mass is 9.96. The largest absolute Gasteiger partial charge is 0.377 e. The molecule has 1 N–H and O–H groups in total. The number of aryl methyl sites for hydroxylation is 2. The van der Waals surface area contributed by atoms with Gasteiger partial charge in [0.2, 0.25) is 0 Å². The maximum Gasteiger partial charge on any atom is 0.292 e. The quantitative estimate of drug-likeness (QED) is 0.641. The van der Waals surface area contributed by atoms with Crippen molar-refractivity contribution in [2.75, 3.05) is 5.32 Å². The van der Waals surface area contributed by atoms with Gasteiger partial charge >= 0.3 is 0 Å². The normalized spacial score (nSPS) is 17.3. The van der Waals surface area contributed by atoms with Crippen molar-refractivity contribution < 1.29 is 4.92 Å². The summed E-state index contributed by atoms with van der Waals surface area (Å²) in [5.41, 5.74) is 2.96. The fraction of sp³-hybridized carbons (Fsp3) is 0.625. The van der Waals surface area contributed by atoms with E-state index < -0.39 is 0 Å². The zero-order chi connectivity index (χ0) is 14.5. The molecule has 2 rings (SSSR count). The van der Waals surface area contributed by atoms with Crippen LogP contribution in [0, 0.1) is 24.0 Å². The Labute approximate surface area is 120 Å². The molecular weight excluding hydrogens is 252 g/mol. The standard InChI is InChI=1S/C16H24N2O2/c1-12-10-15(16(18(19)20)11-13(12)2)17-14-8-6-4-3-5-7-9-14/h10-11,14,17H,3-9H2,1-2H3. The first kappa shape index (κ1) is 14.8. The van der Waals surface area contributed by atoms with Crippen molar-refractivity contribution in [2.24, 2.45) is 0 Å². The summed E-state index contributed by atoms with van der Waals surface area (Å²) in [6.07, 6.45) is 8.57. The van der Waals surface area contributed by atoms with Gasteiger partial charge in [-0.2, -0.15) is 0 Å². The number of nitro benzene ring substituents is 1. The predicted molar refractivity (Wildman–Crippen MR) is 82.3 cm³/mol. The van der Waals surface area contributed by atoms with Crippen molar-refractivity contribution in [3.05, 3.63) is 33.4 Å². The number of nitro groups is 1. The molecule has 0 aromatic heterocycles. The Morgan fingerprint density at radius 1 is 1.05 bits per heavy atom. The van der Waals surface area contributed by atoms with Crippen molar-refractivity contribution in [3.8, 4) is 0 Å². The molecule has 110 valence electrons. The Morgan fingerprint density at radius 2 is 1.60 bits per heavy atom. The van der Waals surface area contributed by atoms with Crippen LogP contribution in [0.1, 0.15) is 56.1 Å². The first-order chi connectivity index (χ1) is 9.58. The van der Waals surface area contributed by atoms with E-state index in [9.17, 15) is 10.1 Å². The minimum atomic E-state index is -0.280. The Bertz CT molecular complexity index is 478. The third-order valence-corrected chi connectivity index (χ3v) is 4.27. The van der Waals surface area contributed by atoms with Gasteiger partial charge in [-0.3, -0.25) is 10.1 Å². The molecule has 0 bridgehead atoms. The molecule has 0 spiro atoms. The van der Waals surface area contributed by atoms with E-state index in [1.165, 1.54) is 32.1 Å². The lowest BCUT2D eigenvalue weighted by Gasteiger charge is -2.22. The monoisotopic (exact) mass is 276 g/mol. The molecule has 0 heterocycles. The van der Waals surface area contributed by atoms with E-state index in [0.717, 1.165) is 24.0 Å². The number of anilines is 1. The summed E-state index contributed by atoms with van der Waals surface area (Å²) in [5.74, 6) is 0. The number of hydrogen-bond acceptors (Lipinski definition) is 3. The average molecular weight is 276 g/mol. The molecule has 0 radical (unpaired) electrons. The molecule has 0 unspecified atom stereocenters. The molecule has 0 saturated heterocycles. The maximum atomic E-state index is 11.2. The molecule has 1 aromatic rings. The molecule has 0 amide bonds. The number of hydrogen-bond donors (Lipinski definition) is 1. The van der Waals surface area contributed by atoms with E-state index in [1.807, 2.05) is 19.9 Å². The second-order valence-electron chi connectivity index (χ2n) is 5.90. The highest BCUT2D eigenvalue weighted by Crippen LogP contribution is 2.30. The summed E-state index contributed by atoms with van der Waals surface area (Å²) in [6.45, 7) is 3.92. The zero-order valence-corrected chi connectivity index (χ0v) is 12.4. The molecule has 4 nitrogen and oxygen atoms in total. The van der Waals surface area contributed by atoms with Crippen LogP contribution in [0.2, 0.25) is 0 Å². The first-order valence-corrected chi connectivity index (χ1v) is 7.60. The van der Waals surface area contributed by atoms with Crippen molar-refractivity contribution in [1.82, 2.24) is 0 Å². The number of nitrogens with one attached hydrogen (secondary N) is 1. The molecule has 1 saturated carbocycles. The molecule has 4 heteroatoms. The second kappa shape index (κ2) is 6.73. The number of benzene rings is 1. The van der Waals surface area contributed by atoms with Gasteiger partial charge in [-0.25, -0.2) is 0 Å². The van der Waals surface area contributed by atoms with E-state index in [4.69, 9.17) is 0 Å². The van der Waals surface area contributed by atoms with Crippen LogP contribution in [0.5, 0.6) is 0 Å². The van der Waals surface area contributed by atoms with Crippen LogP contribution in [0.3, 0.4) is 0 Å². The smallest absolute Gasteiger partial charge is 0.292 e. The number of nitrogens with zero attached hydrogens (tertiary/aromatic N) is 1. The van der Waals surface area contributed by atoms with Crippen molar-refractivity contribution >= 4 is 11.4 Å². The highest BCUT2D eigenvalue weighted by molar-refractivity contribution is 5.64. The van der Waals surface area contributed by atoms with Crippen LogP contribution in [-0.4, -0.2) is 11.0 Å². The van der Waals surface area contributed by atoms with Crippen LogP contribution in [0.25, 0.3) is 0 Å². The lowest BCUT2D eigenvalue weighted by molar-refractivity contribution is -0.384. The minimum Gasteiger partial charge on any atom is -0.377 e. The molecule has 1 aromatic carbocycles. The van der Waals surface area contributed by atoms with Crippen LogP contribution in [0.15, 0.2) is 12.1 Å². The van der Waals surface area contributed by atoms with Crippen molar-refractivity contribution in [3.63, 3.8) is 0 Å².